The highest BCUT2D eigenvalue weighted by molar-refractivity contribution is 4.69. The molecule has 0 saturated carbocycles. The normalized spacial score (nSPS) is 12.7. The van der Waals surface area contributed by atoms with Gasteiger partial charge in [0.2, 0.25) is 0 Å². The Morgan fingerprint density at radius 2 is 1.88 bits per heavy atom. The van der Waals surface area contributed by atoms with Crippen molar-refractivity contribution in [1.82, 2.24) is 4.90 Å². The number of aliphatic hydroxyl groups excluding tert-OH is 1. The Labute approximate surface area is 103 Å². The van der Waals surface area contributed by atoms with E-state index in [1.165, 1.54) is 0 Å². The average molecular weight is 252 g/mol. The number of unbranched alkanes of at least 4 members (excludes halogenated alkanes) is 1. The third-order valence-electron chi connectivity index (χ3n) is 2.94. The quantitative estimate of drug-likeness (QED) is 0.582. The first kappa shape index (κ1) is 16.7. The van der Waals surface area contributed by atoms with Gasteiger partial charge in [0.15, 0.2) is 0 Å². The third kappa shape index (κ3) is 9.44. The predicted molar refractivity (Wildman–Crippen MR) is 66.2 cm³/mol. The number of alkyl halides is 2. The van der Waals surface area contributed by atoms with Crippen molar-refractivity contribution in [3.8, 4) is 0 Å². The van der Waals surface area contributed by atoms with E-state index in [9.17, 15) is 8.78 Å². The first-order valence-corrected chi connectivity index (χ1v) is 6.22. The standard InChI is InChI=1S/C12H26F2N2O/c1-12(2,10-15)5-3-4-6-16(7-8-17)9-11(13)14/h11,17H,3-10,15H2,1-2H3. The summed E-state index contributed by atoms with van der Waals surface area (Å²) in [4.78, 5) is 1.61. The van der Waals surface area contributed by atoms with Gasteiger partial charge in [0.05, 0.1) is 13.2 Å². The van der Waals surface area contributed by atoms with Crippen LogP contribution in [0.4, 0.5) is 8.78 Å². The van der Waals surface area contributed by atoms with Crippen molar-refractivity contribution in [1.29, 1.82) is 0 Å². The molecule has 0 aromatic rings. The summed E-state index contributed by atoms with van der Waals surface area (Å²) in [6.07, 6.45) is 0.526. The fourth-order valence-electron chi connectivity index (χ4n) is 1.67. The SMILES string of the molecule is CC(C)(CN)CCCCN(CCO)CC(F)F. The minimum Gasteiger partial charge on any atom is -0.395 e. The number of hydrogen-bond acceptors (Lipinski definition) is 3. The lowest BCUT2D eigenvalue weighted by Gasteiger charge is -2.24. The van der Waals surface area contributed by atoms with Gasteiger partial charge in [0, 0.05) is 6.54 Å². The summed E-state index contributed by atoms with van der Waals surface area (Å²) in [6.45, 7) is 5.48. The maximum absolute atomic E-state index is 12.2. The molecule has 0 aliphatic rings. The average Bonchev–Trinajstić information content (AvgIpc) is 2.24. The largest absolute Gasteiger partial charge is 0.395 e. The summed E-state index contributed by atoms with van der Waals surface area (Å²) in [5, 5.41) is 8.77. The first-order chi connectivity index (χ1) is 7.91. The van der Waals surface area contributed by atoms with E-state index in [4.69, 9.17) is 10.8 Å². The van der Waals surface area contributed by atoms with Crippen LogP contribution in [-0.2, 0) is 0 Å². The summed E-state index contributed by atoms with van der Waals surface area (Å²) in [6, 6.07) is 0. The van der Waals surface area contributed by atoms with Gasteiger partial charge in [-0.15, -0.1) is 0 Å². The van der Waals surface area contributed by atoms with Crippen LogP contribution >= 0.6 is 0 Å². The number of hydrogen-bond donors (Lipinski definition) is 2. The van der Waals surface area contributed by atoms with Gasteiger partial charge in [0.25, 0.3) is 6.43 Å². The van der Waals surface area contributed by atoms with Crippen LogP contribution in [0.1, 0.15) is 33.1 Å². The minimum atomic E-state index is -2.33. The Kier molecular flexibility index (Phi) is 8.64. The van der Waals surface area contributed by atoms with Crippen LogP contribution in [0.2, 0.25) is 0 Å². The molecule has 0 bridgehead atoms. The van der Waals surface area contributed by atoms with Gasteiger partial charge in [-0.3, -0.25) is 4.90 Å². The highest BCUT2D eigenvalue weighted by Crippen LogP contribution is 2.21. The van der Waals surface area contributed by atoms with Crippen molar-refractivity contribution >= 4 is 0 Å². The van der Waals surface area contributed by atoms with Crippen molar-refractivity contribution in [2.45, 2.75) is 39.5 Å². The molecule has 0 rings (SSSR count). The molecule has 104 valence electrons. The maximum atomic E-state index is 12.2. The van der Waals surface area contributed by atoms with Crippen molar-refractivity contribution in [2.75, 3.05) is 32.8 Å². The molecule has 0 aliphatic heterocycles. The van der Waals surface area contributed by atoms with Crippen LogP contribution in [-0.4, -0.2) is 49.2 Å². The number of nitrogens with zero attached hydrogens (tertiary/aromatic N) is 1. The second kappa shape index (κ2) is 8.78. The summed E-state index contributed by atoms with van der Waals surface area (Å²) in [5.41, 5.74) is 5.75. The molecule has 0 aromatic carbocycles. The Balaban J connectivity index is 3.74. The molecule has 0 atom stereocenters. The third-order valence-corrected chi connectivity index (χ3v) is 2.94. The Hall–Kier alpha value is -0.260. The van der Waals surface area contributed by atoms with Gasteiger partial charge in [-0.2, -0.15) is 0 Å². The van der Waals surface area contributed by atoms with Crippen LogP contribution in [0.15, 0.2) is 0 Å². The van der Waals surface area contributed by atoms with Crippen molar-refractivity contribution < 1.29 is 13.9 Å². The Bertz CT molecular complexity index is 189. The van der Waals surface area contributed by atoms with Crippen LogP contribution in [0.25, 0.3) is 0 Å². The maximum Gasteiger partial charge on any atom is 0.251 e. The van der Waals surface area contributed by atoms with Gasteiger partial charge in [-0.05, 0) is 31.3 Å². The minimum absolute atomic E-state index is 0.0684. The molecule has 0 aliphatic carbocycles. The van der Waals surface area contributed by atoms with Crippen molar-refractivity contribution in [3.63, 3.8) is 0 Å². The molecule has 0 fully saturated rings. The second-order valence-corrected chi connectivity index (χ2v) is 5.24. The predicted octanol–water partition coefficient (Wildman–Crippen LogP) is 1.70. The van der Waals surface area contributed by atoms with Gasteiger partial charge in [0.1, 0.15) is 0 Å². The first-order valence-electron chi connectivity index (χ1n) is 6.22. The molecule has 0 spiro atoms. The smallest absolute Gasteiger partial charge is 0.251 e. The van der Waals surface area contributed by atoms with Gasteiger partial charge >= 0.3 is 0 Å². The molecule has 5 heteroatoms. The van der Waals surface area contributed by atoms with Gasteiger partial charge in [-0.25, -0.2) is 8.78 Å². The molecule has 0 amide bonds. The van der Waals surface area contributed by atoms with Gasteiger partial charge in [-0.1, -0.05) is 20.3 Å². The zero-order valence-corrected chi connectivity index (χ0v) is 11.0. The lowest BCUT2D eigenvalue weighted by Crippen LogP contribution is -2.32. The monoisotopic (exact) mass is 252 g/mol. The highest BCUT2D eigenvalue weighted by Gasteiger charge is 2.15. The second-order valence-electron chi connectivity index (χ2n) is 5.24. The van der Waals surface area contributed by atoms with E-state index < -0.39 is 6.43 Å². The summed E-state index contributed by atoms with van der Waals surface area (Å²) >= 11 is 0. The van der Waals surface area contributed by atoms with Crippen molar-refractivity contribution in [3.05, 3.63) is 0 Å². The topological polar surface area (TPSA) is 49.5 Å². The van der Waals surface area contributed by atoms with E-state index in [0.29, 0.717) is 19.6 Å². The zero-order valence-electron chi connectivity index (χ0n) is 11.0. The molecule has 0 radical (unpaired) electrons. The lowest BCUT2D eigenvalue weighted by molar-refractivity contribution is 0.0769. The summed E-state index contributed by atoms with van der Waals surface area (Å²) in [5.74, 6) is 0. The van der Waals surface area contributed by atoms with E-state index >= 15 is 0 Å². The van der Waals surface area contributed by atoms with Gasteiger partial charge < -0.3 is 10.8 Å². The van der Waals surface area contributed by atoms with E-state index in [2.05, 4.69) is 13.8 Å². The molecular weight excluding hydrogens is 226 g/mol. The van der Waals surface area contributed by atoms with E-state index in [0.717, 1.165) is 19.3 Å². The zero-order chi connectivity index (χ0) is 13.3. The molecule has 0 aromatic heterocycles. The lowest BCUT2D eigenvalue weighted by atomic mass is 9.87. The number of aliphatic hydroxyl groups is 1. The Morgan fingerprint density at radius 3 is 2.35 bits per heavy atom. The van der Waals surface area contributed by atoms with E-state index in [1.807, 2.05) is 0 Å². The van der Waals surface area contributed by atoms with Crippen molar-refractivity contribution in [2.24, 2.45) is 11.1 Å². The number of rotatable bonds is 10. The molecular formula is C12H26F2N2O. The fraction of sp³-hybridized carbons (Fsp3) is 1.00. The summed E-state index contributed by atoms with van der Waals surface area (Å²) in [7, 11) is 0. The molecule has 3 N–H and O–H groups in total. The summed E-state index contributed by atoms with van der Waals surface area (Å²) < 4.78 is 24.4. The van der Waals surface area contributed by atoms with Crippen LogP contribution < -0.4 is 5.73 Å². The molecule has 3 nitrogen and oxygen atoms in total. The van der Waals surface area contributed by atoms with E-state index in [1.54, 1.807) is 4.90 Å². The van der Waals surface area contributed by atoms with Crippen LogP contribution in [0, 0.1) is 5.41 Å². The Morgan fingerprint density at radius 1 is 1.24 bits per heavy atom. The number of halogens is 2. The van der Waals surface area contributed by atoms with Crippen LogP contribution in [0.3, 0.4) is 0 Å². The fourth-order valence-corrected chi connectivity index (χ4v) is 1.67. The molecule has 0 saturated heterocycles. The van der Waals surface area contributed by atoms with Crippen LogP contribution in [0.5, 0.6) is 0 Å². The number of nitrogens with two attached hydrogens (primary N) is 1. The molecule has 17 heavy (non-hydrogen) atoms. The molecule has 0 unspecified atom stereocenters. The molecule has 0 heterocycles. The van der Waals surface area contributed by atoms with E-state index in [-0.39, 0.29) is 18.6 Å². The highest BCUT2D eigenvalue weighted by atomic mass is 19.3.